The molecule has 0 bridgehead atoms. The molecular formula is C15H16N4O5S. The van der Waals surface area contributed by atoms with E-state index in [2.05, 4.69) is 15.3 Å². The Labute approximate surface area is 147 Å². The van der Waals surface area contributed by atoms with Crippen molar-refractivity contribution < 1.29 is 14.5 Å². The number of thioether (sulfide) groups is 1. The number of nitrogens with zero attached hydrogens (tertiary/aromatic N) is 2. The van der Waals surface area contributed by atoms with Crippen molar-refractivity contribution in [2.75, 3.05) is 18.2 Å². The number of H-pyrrole nitrogens is 1. The van der Waals surface area contributed by atoms with Crippen molar-refractivity contribution in [3.8, 4) is 5.75 Å². The average Bonchev–Trinajstić information content (AvgIpc) is 2.57. The lowest BCUT2D eigenvalue weighted by atomic mass is 10.2. The smallest absolute Gasteiger partial charge is 0.296 e. The topological polar surface area (TPSA) is 127 Å². The largest absolute Gasteiger partial charge is 0.496 e. The van der Waals surface area contributed by atoms with E-state index in [1.807, 2.05) is 0 Å². The van der Waals surface area contributed by atoms with E-state index in [-0.39, 0.29) is 22.7 Å². The standard InChI is InChI=1S/C15H16N4O5S/c1-8-9(2)16-15(18-14(8)21)25-7-13(20)17-11-5-4-10(24-3)6-12(11)19(22)23/h4-6H,7H2,1-3H3,(H,17,20)(H,16,18,21). The minimum Gasteiger partial charge on any atom is -0.496 e. The Bertz CT molecular complexity index is 881. The van der Waals surface area contributed by atoms with Crippen LogP contribution < -0.4 is 15.6 Å². The van der Waals surface area contributed by atoms with E-state index in [0.717, 1.165) is 11.8 Å². The van der Waals surface area contributed by atoms with Crippen LogP contribution in [0.2, 0.25) is 0 Å². The fourth-order valence-corrected chi connectivity index (χ4v) is 2.61. The van der Waals surface area contributed by atoms with Gasteiger partial charge < -0.3 is 15.0 Å². The zero-order valence-corrected chi connectivity index (χ0v) is 14.6. The van der Waals surface area contributed by atoms with Gasteiger partial charge in [0.25, 0.3) is 11.2 Å². The van der Waals surface area contributed by atoms with Crippen LogP contribution >= 0.6 is 11.8 Å². The molecule has 1 aromatic carbocycles. The molecule has 1 amide bonds. The highest BCUT2D eigenvalue weighted by atomic mass is 32.2. The summed E-state index contributed by atoms with van der Waals surface area (Å²) in [5.74, 6) is -0.204. The number of carbonyl (C=O) groups is 1. The van der Waals surface area contributed by atoms with E-state index < -0.39 is 10.8 Å². The number of nitro benzene ring substituents is 1. The monoisotopic (exact) mass is 364 g/mol. The molecule has 0 aliphatic rings. The Morgan fingerprint density at radius 2 is 2.16 bits per heavy atom. The predicted molar refractivity (Wildman–Crippen MR) is 93.3 cm³/mol. The number of aryl methyl sites for hydroxylation is 1. The van der Waals surface area contributed by atoms with Crippen molar-refractivity contribution in [2.45, 2.75) is 19.0 Å². The molecule has 2 N–H and O–H groups in total. The van der Waals surface area contributed by atoms with Gasteiger partial charge in [0, 0.05) is 11.3 Å². The summed E-state index contributed by atoms with van der Waals surface area (Å²) in [6.07, 6.45) is 0. The van der Waals surface area contributed by atoms with E-state index in [1.54, 1.807) is 13.8 Å². The maximum Gasteiger partial charge on any atom is 0.296 e. The average molecular weight is 364 g/mol. The Balaban J connectivity index is 2.08. The molecule has 0 spiro atoms. The van der Waals surface area contributed by atoms with Crippen molar-refractivity contribution in [3.05, 3.63) is 49.9 Å². The van der Waals surface area contributed by atoms with Crippen molar-refractivity contribution in [1.29, 1.82) is 0 Å². The number of hydrogen-bond acceptors (Lipinski definition) is 7. The van der Waals surface area contributed by atoms with Gasteiger partial charge in [-0.1, -0.05) is 11.8 Å². The summed E-state index contributed by atoms with van der Waals surface area (Å²) in [4.78, 5) is 41.0. The highest BCUT2D eigenvalue weighted by molar-refractivity contribution is 7.99. The molecule has 0 saturated carbocycles. The number of hydrogen-bond donors (Lipinski definition) is 2. The van der Waals surface area contributed by atoms with Gasteiger partial charge in [-0.05, 0) is 26.0 Å². The Morgan fingerprint density at radius 1 is 1.44 bits per heavy atom. The summed E-state index contributed by atoms with van der Waals surface area (Å²) in [6.45, 7) is 3.36. The third-order valence-electron chi connectivity index (χ3n) is 3.39. The van der Waals surface area contributed by atoms with Gasteiger partial charge in [0.2, 0.25) is 5.91 Å². The third kappa shape index (κ3) is 4.57. The summed E-state index contributed by atoms with van der Waals surface area (Å²) in [5.41, 5.74) is 0.634. The summed E-state index contributed by atoms with van der Waals surface area (Å²) >= 11 is 1.03. The number of ether oxygens (including phenoxy) is 1. The lowest BCUT2D eigenvalue weighted by Gasteiger charge is -2.08. The van der Waals surface area contributed by atoms with E-state index in [9.17, 15) is 19.7 Å². The fraction of sp³-hybridized carbons (Fsp3) is 0.267. The molecule has 25 heavy (non-hydrogen) atoms. The number of nitro groups is 1. The van der Waals surface area contributed by atoms with Crippen LogP contribution in [0.4, 0.5) is 11.4 Å². The lowest BCUT2D eigenvalue weighted by Crippen LogP contribution is -2.17. The maximum absolute atomic E-state index is 12.0. The number of carbonyl (C=O) groups excluding carboxylic acids is 1. The predicted octanol–water partition coefficient (Wildman–Crippen LogP) is 2.03. The molecule has 132 valence electrons. The molecule has 1 heterocycles. The molecule has 0 radical (unpaired) electrons. The molecule has 0 aliphatic heterocycles. The van der Waals surface area contributed by atoms with Crippen LogP contribution in [0.1, 0.15) is 11.3 Å². The van der Waals surface area contributed by atoms with E-state index in [0.29, 0.717) is 22.2 Å². The number of aromatic amines is 1. The van der Waals surface area contributed by atoms with Crippen molar-refractivity contribution in [3.63, 3.8) is 0 Å². The van der Waals surface area contributed by atoms with Gasteiger partial charge in [0.05, 0.1) is 23.9 Å². The van der Waals surface area contributed by atoms with Gasteiger partial charge in [-0.25, -0.2) is 4.98 Å². The van der Waals surface area contributed by atoms with Crippen LogP contribution in [0.25, 0.3) is 0 Å². The molecule has 0 unspecified atom stereocenters. The number of rotatable bonds is 6. The minimum atomic E-state index is -0.604. The molecule has 2 rings (SSSR count). The van der Waals surface area contributed by atoms with Crippen molar-refractivity contribution in [1.82, 2.24) is 9.97 Å². The maximum atomic E-state index is 12.0. The first kappa shape index (κ1) is 18.5. The third-order valence-corrected chi connectivity index (χ3v) is 4.26. The Kier molecular flexibility index (Phi) is 5.75. The van der Waals surface area contributed by atoms with E-state index in [4.69, 9.17) is 4.74 Å². The second-order valence-electron chi connectivity index (χ2n) is 5.06. The van der Waals surface area contributed by atoms with Crippen LogP contribution in [-0.2, 0) is 4.79 Å². The number of benzene rings is 1. The second-order valence-corrected chi connectivity index (χ2v) is 6.02. The molecule has 2 aromatic rings. The molecule has 1 aromatic heterocycles. The number of methoxy groups -OCH3 is 1. The van der Waals surface area contributed by atoms with Crippen molar-refractivity contribution >= 4 is 29.0 Å². The van der Waals surface area contributed by atoms with E-state index in [1.165, 1.54) is 25.3 Å². The zero-order chi connectivity index (χ0) is 18.6. The number of aromatic nitrogens is 2. The van der Waals surface area contributed by atoms with Gasteiger partial charge in [-0.3, -0.25) is 19.7 Å². The SMILES string of the molecule is COc1ccc(NC(=O)CSc2nc(C)c(C)c(=O)[nH]2)c([N+](=O)[O-])c1. The molecular weight excluding hydrogens is 348 g/mol. The number of amides is 1. The first-order chi connectivity index (χ1) is 11.8. The summed E-state index contributed by atoms with van der Waals surface area (Å²) < 4.78 is 4.94. The zero-order valence-electron chi connectivity index (χ0n) is 13.8. The summed E-state index contributed by atoms with van der Waals surface area (Å²) in [6, 6.07) is 4.14. The normalized spacial score (nSPS) is 10.4. The second kappa shape index (κ2) is 7.79. The molecule has 10 heteroatoms. The first-order valence-electron chi connectivity index (χ1n) is 7.14. The minimum absolute atomic E-state index is 0.0609. The van der Waals surface area contributed by atoms with Crippen LogP contribution in [0, 0.1) is 24.0 Å². The lowest BCUT2D eigenvalue weighted by molar-refractivity contribution is -0.384. The first-order valence-corrected chi connectivity index (χ1v) is 8.13. The Hall–Kier alpha value is -2.88. The summed E-state index contributed by atoms with van der Waals surface area (Å²) in [7, 11) is 1.39. The highest BCUT2D eigenvalue weighted by Crippen LogP contribution is 2.29. The van der Waals surface area contributed by atoms with Gasteiger partial charge in [0.15, 0.2) is 5.16 Å². The van der Waals surface area contributed by atoms with E-state index >= 15 is 0 Å². The fourth-order valence-electron chi connectivity index (χ4n) is 1.90. The highest BCUT2D eigenvalue weighted by Gasteiger charge is 2.17. The number of anilines is 1. The van der Waals surface area contributed by atoms with Gasteiger partial charge >= 0.3 is 0 Å². The van der Waals surface area contributed by atoms with Crippen molar-refractivity contribution in [2.24, 2.45) is 0 Å². The quantitative estimate of drug-likeness (QED) is 0.347. The van der Waals surface area contributed by atoms with Crippen LogP contribution in [-0.4, -0.2) is 33.7 Å². The number of nitrogens with one attached hydrogen (secondary N) is 2. The van der Waals surface area contributed by atoms with Gasteiger partial charge in [-0.2, -0.15) is 0 Å². The van der Waals surface area contributed by atoms with Gasteiger partial charge in [0.1, 0.15) is 11.4 Å². The van der Waals surface area contributed by atoms with Crippen LogP contribution in [0.5, 0.6) is 5.75 Å². The summed E-state index contributed by atoms with van der Waals surface area (Å²) in [5, 5.41) is 13.9. The van der Waals surface area contributed by atoms with Crippen LogP contribution in [0.3, 0.4) is 0 Å². The molecule has 0 saturated heterocycles. The molecule has 0 aliphatic carbocycles. The molecule has 9 nitrogen and oxygen atoms in total. The molecule has 0 fully saturated rings. The molecule has 0 atom stereocenters. The Morgan fingerprint density at radius 3 is 2.76 bits per heavy atom. The van der Waals surface area contributed by atoms with Crippen LogP contribution in [0.15, 0.2) is 28.2 Å². The van der Waals surface area contributed by atoms with Gasteiger partial charge in [-0.15, -0.1) is 0 Å².